The first-order valence-corrected chi connectivity index (χ1v) is 5.56. The molecule has 0 saturated carbocycles. The average molecular weight is 206 g/mol. The third-order valence-electron chi connectivity index (χ3n) is 2.97. The van der Waals surface area contributed by atoms with E-state index in [9.17, 15) is 5.11 Å². The molecule has 82 valence electrons. The summed E-state index contributed by atoms with van der Waals surface area (Å²) in [5.74, 6) is 0. The van der Waals surface area contributed by atoms with Crippen LogP contribution in [0.3, 0.4) is 0 Å². The Morgan fingerprint density at radius 2 is 2.47 bits per heavy atom. The van der Waals surface area contributed by atoms with E-state index in [0.29, 0.717) is 0 Å². The van der Waals surface area contributed by atoms with Gasteiger partial charge in [0.1, 0.15) is 0 Å². The lowest BCUT2D eigenvalue weighted by Crippen LogP contribution is -2.37. The smallest absolute Gasteiger partial charge is 0.0667 e. The minimum atomic E-state index is -0.150. The summed E-state index contributed by atoms with van der Waals surface area (Å²) in [6.45, 7) is 4.82. The number of hydrogen-bond acceptors (Lipinski definition) is 3. The quantitative estimate of drug-likeness (QED) is 0.793. The van der Waals surface area contributed by atoms with Gasteiger partial charge in [-0.2, -0.15) is 0 Å². The van der Waals surface area contributed by atoms with E-state index in [1.807, 2.05) is 12.3 Å². The normalized spacial score (nSPS) is 22.9. The van der Waals surface area contributed by atoms with Crippen molar-refractivity contribution in [1.82, 2.24) is 9.88 Å². The Bertz CT molecular complexity index is 327. The zero-order valence-corrected chi connectivity index (χ0v) is 9.19. The lowest BCUT2D eigenvalue weighted by molar-refractivity contribution is 0.0661. The van der Waals surface area contributed by atoms with Crippen LogP contribution in [0.15, 0.2) is 18.3 Å². The molecule has 1 atom stereocenters. The van der Waals surface area contributed by atoms with Crippen molar-refractivity contribution in [3.63, 3.8) is 0 Å². The molecule has 15 heavy (non-hydrogen) atoms. The van der Waals surface area contributed by atoms with E-state index < -0.39 is 0 Å². The van der Waals surface area contributed by atoms with Crippen molar-refractivity contribution >= 4 is 0 Å². The van der Waals surface area contributed by atoms with Crippen LogP contribution in [-0.2, 0) is 6.54 Å². The fraction of sp³-hybridized carbons (Fsp3) is 0.583. The summed E-state index contributed by atoms with van der Waals surface area (Å²) in [7, 11) is 0. The summed E-state index contributed by atoms with van der Waals surface area (Å²) in [5, 5.41) is 9.56. The predicted molar refractivity (Wildman–Crippen MR) is 59.5 cm³/mol. The summed E-state index contributed by atoms with van der Waals surface area (Å²) in [6, 6.07) is 4.05. The van der Waals surface area contributed by atoms with E-state index in [1.165, 1.54) is 5.56 Å². The molecule has 1 aliphatic rings. The summed E-state index contributed by atoms with van der Waals surface area (Å²) in [5.41, 5.74) is 2.36. The lowest BCUT2D eigenvalue weighted by Gasteiger charge is -2.29. The number of hydrogen-bond donors (Lipinski definition) is 1. The molecular weight excluding hydrogens is 188 g/mol. The van der Waals surface area contributed by atoms with Gasteiger partial charge in [-0.3, -0.25) is 9.88 Å². The average Bonchev–Trinajstić information content (AvgIpc) is 2.22. The van der Waals surface area contributed by atoms with E-state index in [-0.39, 0.29) is 6.10 Å². The standard InChI is InChI=1S/C12H18N2O/c1-10-4-2-6-13-12(10)9-14-7-3-5-11(15)8-14/h2,4,6,11,15H,3,5,7-9H2,1H3. The Kier molecular flexibility index (Phi) is 3.34. The lowest BCUT2D eigenvalue weighted by atomic mass is 10.1. The minimum absolute atomic E-state index is 0.150. The van der Waals surface area contributed by atoms with Gasteiger partial charge in [-0.15, -0.1) is 0 Å². The maximum atomic E-state index is 9.56. The van der Waals surface area contributed by atoms with Gasteiger partial charge in [0.05, 0.1) is 11.8 Å². The molecule has 0 spiro atoms. The van der Waals surface area contributed by atoms with Crippen molar-refractivity contribution in [3.05, 3.63) is 29.6 Å². The molecule has 1 aliphatic heterocycles. The first-order chi connectivity index (χ1) is 7.25. The highest BCUT2D eigenvalue weighted by Crippen LogP contribution is 2.14. The summed E-state index contributed by atoms with van der Waals surface area (Å²) in [4.78, 5) is 6.66. The van der Waals surface area contributed by atoms with Crippen LogP contribution in [0, 0.1) is 6.92 Å². The number of β-amino-alcohol motifs (C(OH)–C–C–N with tert-alkyl or cyclic N) is 1. The monoisotopic (exact) mass is 206 g/mol. The van der Waals surface area contributed by atoms with Crippen LogP contribution in [0.25, 0.3) is 0 Å². The van der Waals surface area contributed by atoms with E-state index in [4.69, 9.17) is 0 Å². The number of piperidine rings is 1. The first kappa shape index (κ1) is 10.6. The van der Waals surface area contributed by atoms with Gasteiger partial charge >= 0.3 is 0 Å². The second-order valence-corrected chi connectivity index (χ2v) is 4.30. The molecular formula is C12H18N2O. The molecule has 3 heteroatoms. The Hall–Kier alpha value is -0.930. The van der Waals surface area contributed by atoms with E-state index in [1.54, 1.807) is 0 Å². The highest BCUT2D eigenvalue weighted by Gasteiger charge is 2.18. The van der Waals surface area contributed by atoms with Crippen LogP contribution in [0.5, 0.6) is 0 Å². The number of rotatable bonds is 2. The Labute approximate surface area is 90.8 Å². The van der Waals surface area contributed by atoms with Crippen molar-refractivity contribution in [2.75, 3.05) is 13.1 Å². The van der Waals surface area contributed by atoms with Crippen molar-refractivity contribution in [1.29, 1.82) is 0 Å². The van der Waals surface area contributed by atoms with Crippen LogP contribution in [0.1, 0.15) is 24.1 Å². The molecule has 3 nitrogen and oxygen atoms in total. The largest absolute Gasteiger partial charge is 0.392 e. The number of pyridine rings is 1. The van der Waals surface area contributed by atoms with Gasteiger partial charge in [-0.1, -0.05) is 6.07 Å². The topological polar surface area (TPSA) is 36.4 Å². The second-order valence-electron chi connectivity index (χ2n) is 4.30. The number of aliphatic hydroxyl groups is 1. The molecule has 0 aliphatic carbocycles. The minimum Gasteiger partial charge on any atom is -0.392 e. The number of aromatic nitrogens is 1. The van der Waals surface area contributed by atoms with Crippen LogP contribution in [0.2, 0.25) is 0 Å². The number of likely N-dealkylation sites (tertiary alicyclic amines) is 1. The van der Waals surface area contributed by atoms with Gasteiger partial charge in [0.2, 0.25) is 0 Å². The van der Waals surface area contributed by atoms with Crippen molar-refractivity contribution in [2.24, 2.45) is 0 Å². The molecule has 1 saturated heterocycles. The number of aliphatic hydroxyl groups excluding tert-OH is 1. The van der Waals surface area contributed by atoms with Crippen LogP contribution in [0.4, 0.5) is 0 Å². The third-order valence-corrected chi connectivity index (χ3v) is 2.97. The molecule has 1 fully saturated rings. The predicted octanol–water partition coefficient (Wildman–Crippen LogP) is 1.35. The zero-order chi connectivity index (χ0) is 10.7. The van der Waals surface area contributed by atoms with Gasteiger partial charge < -0.3 is 5.11 Å². The van der Waals surface area contributed by atoms with Gasteiger partial charge in [-0.25, -0.2) is 0 Å². The molecule has 2 rings (SSSR count). The van der Waals surface area contributed by atoms with Crippen LogP contribution < -0.4 is 0 Å². The van der Waals surface area contributed by atoms with Crippen molar-refractivity contribution in [2.45, 2.75) is 32.4 Å². The SMILES string of the molecule is Cc1cccnc1CN1CCCC(O)C1. The van der Waals surface area contributed by atoms with Gasteiger partial charge in [-0.05, 0) is 37.9 Å². The fourth-order valence-electron chi connectivity index (χ4n) is 2.07. The Balaban J connectivity index is 1.99. The molecule has 0 amide bonds. The third kappa shape index (κ3) is 2.76. The maximum Gasteiger partial charge on any atom is 0.0667 e. The van der Waals surface area contributed by atoms with Gasteiger partial charge in [0.25, 0.3) is 0 Å². The highest BCUT2D eigenvalue weighted by atomic mass is 16.3. The molecule has 1 N–H and O–H groups in total. The molecule has 1 aromatic heterocycles. The molecule has 0 aromatic carbocycles. The number of nitrogens with zero attached hydrogens (tertiary/aromatic N) is 2. The summed E-state index contributed by atoms with van der Waals surface area (Å²) >= 11 is 0. The highest BCUT2D eigenvalue weighted by molar-refractivity contribution is 5.17. The molecule has 1 aromatic rings. The molecule has 2 heterocycles. The molecule has 1 unspecified atom stereocenters. The van der Waals surface area contributed by atoms with Gasteiger partial charge in [0.15, 0.2) is 0 Å². The van der Waals surface area contributed by atoms with Crippen molar-refractivity contribution in [3.8, 4) is 0 Å². The second kappa shape index (κ2) is 4.73. The Morgan fingerprint density at radius 1 is 1.60 bits per heavy atom. The first-order valence-electron chi connectivity index (χ1n) is 5.56. The van der Waals surface area contributed by atoms with Gasteiger partial charge in [0, 0.05) is 19.3 Å². The molecule has 0 bridgehead atoms. The maximum absolute atomic E-state index is 9.56. The number of aryl methyl sites for hydroxylation is 1. The van der Waals surface area contributed by atoms with Crippen molar-refractivity contribution < 1.29 is 5.11 Å². The van der Waals surface area contributed by atoms with Crippen LogP contribution in [-0.4, -0.2) is 34.2 Å². The Morgan fingerprint density at radius 3 is 3.20 bits per heavy atom. The zero-order valence-electron chi connectivity index (χ0n) is 9.19. The summed E-state index contributed by atoms with van der Waals surface area (Å²) in [6.07, 6.45) is 3.72. The molecule has 0 radical (unpaired) electrons. The summed E-state index contributed by atoms with van der Waals surface area (Å²) < 4.78 is 0. The van der Waals surface area contributed by atoms with E-state index in [0.717, 1.165) is 38.2 Å². The van der Waals surface area contributed by atoms with E-state index in [2.05, 4.69) is 22.9 Å². The van der Waals surface area contributed by atoms with E-state index >= 15 is 0 Å². The van der Waals surface area contributed by atoms with Crippen LogP contribution >= 0.6 is 0 Å². The fourth-order valence-corrected chi connectivity index (χ4v) is 2.07.